The lowest BCUT2D eigenvalue weighted by atomic mass is 10.1. The topological polar surface area (TPSA) is 45.6 Å². The minimum Gasteiger partial charge on any atom is -0.353 e. The highest BCUT2D eigenvalue weighted by Crippen LogP contribution is 2.15. The Morgan fingerprint density at radius 1 is 0.938 bits per heavy atom. The quantitative estimate of drug-likeness (QED) is 0.488. The summed E-state index contributed by atoms with van der Waals surface area (Å²) in [6, 6.07) is 21.5. The van der Waals surface area contributed by atoms with Crippen LogP contribution in [0, 0.1) is 6.92 Å². The van der Waals surface area contributed by atoms with Gasteiger partial charge in [-0.1, -0.05) is 55.0 Å². The molecule has 0 radical (unpaired) electrons. The number of aromatic nitrogens is 1. The number of amides is 2. The Morgan fingerprint density at radius 3 is 2.22 bits per heavy atom. The van der Waals surface area contributed by atoms with Crippen molar-refractivity contribution in [1.82, 2.24) is 14.4 Å². The summed E-state index contributed by atoms with van der Waals surface area (Å²) >= 11 is 0. The van der Waals surface area contributed by atoms with Crippen molar-refractivity contribution in [2.45, 2.75) is 46.3 Å². The van der Waals surface area contributed by atoms with E-state index < -0.39 is 0 Å². The molecule has 0 saturated carbocycles. The van der Waals surface area contributed by atoms with Crippen LogP contribution in [0.15, 0.2) is 72.9 Å². The van der Waals surface area contributed by atoms with Crippen LogP contribution in [-0.2, 0) is 24.9 Å². The minimum atomic E-state index is -0.105. The molecular formula is C27H33N3O2. The molecule has 0 N–H and O–H groups in total. The molecule has 0 unspecified atom stereocenters. The Labute approximate surface area is 191 Å². The fourth-order valence-corrected chi connectivity index (χ4v) is 3.65. The lowest BCUT2D eigenvalue weighted by Gasteiger charge is -2.31. The summed E-state index contributed by atoms with van der Waals surface area (Å²) in [5.41, 5.74) is 3.83. The van der Waals surface area contributed by atoms with Crippen molar-refractivity contribution in [3.63, 3.8) is 0 Å². The molecule has 2 amide bonds. The lowest BCUT2D eigenvalue weighted by Crippen LogP contribution is -2.46. The predicted octanol–water partition coefficient (Wildman–Crippen LogP) is 4.80. The van der Waals surface area contributed by atoms with Crippen LogP contribution < -0.4 is 0 Å². The summed E-state index contributed by atoms with van der Waals surface area (Å²) in [6.45, 7) is 7.07. The molecule has 1 aromatic heterocycles. The average Bonchev–Trinajstić information content (AvgIpc) is 3.21. The fourth-order valence-electron chi connectivity index (χ4n) is 3.65. The van der Waals surface area contributed by atoms with Crippen molar-refractivity contribution in [1.29, 1.82) is 0 Å². The number of carbonyl (C=O) groups excluding carboxylic acids is 2. The molecule has 3 aromatic rings. The second-order valence-electron chi connectivity index (χ2n) is 8.40. The van der Waals surface area contributed by atoms with Crippen molar-refractivity contribution in [3.8, 4) is 0 Å². The highest BCUT2D eigenvalue weighted by atomic mass is 16.2. The van der Waals surface area contributed by atoms with Crippen LogP contribution in [0.25, 0.3) is 0 Å². The molecule has 0 aliphatic rings. The van der Waals surface area contributed by atoms with E-state index >= 15 is 0 Å². The molecule has 0 aliphatic heterocycles. The van der Waals surface area contributed by atoms with Crippen molar-refractivity contribution in [2.24, 2.45) is 7.05 Å². The molecule has 0 aliphatic carbocycles. The molecule has 0 fully saturated rings. The minimum absolute atomic E-state index is 0.0404. The molecule has 1 atom stereocenters. The molecule has 32 heavy (non-hydrogen) atoms. The molecule has 2 aromatic carbocycles. The first kappa shape index (κ1) is 23.3. The largest absolute Gasteiger partial charge is 0.353 e. The van der Waals surface area contributed by atoms with E-state index in [1.165, 1.54) is 0 Å². The number of aryl methyl sites for hydroxylation is 2. The van der Waals surface area contributed by atoms with Gasteiger partial charge in [-0.05, 0) is 50.1 Å². The molecule has 168 valence electrons. The van der Waals surface area contributed by atoms with Gasteiger partial charge in [0.2, 0.25) is 5.91 Å². The Kier molecular flexibility index (Phi) is 7.87. The maximum absolute atomic E-state index is 13.5. The summed E-state index contributed by atoms with van der Waals surface area (Å²) in [4.78, 5) is 30.4. The third-order valence-corrected chi connectivity index (χ3v) is 5.96. The van der Waals surface area contributed by atoms with Crippen molar-refractivity contribution < 1.29 is 9.59 Å². The highest BCUT2D eigenvalue weighted by Gasteiger charge is 2.26. The van der Waals surface area contributed by atoms with E-state index in [0.29, 0.717) is 18.7 Å². The normalized spacial score (nSPS) is 11.8. The Bertz CT molecular complexity index is 1020. The van der Waals surface area contributed by atoms with Crippen LogP contribution in [-0.4, -0.2) is 38.8 Å². The van der Waals surface area contributed by atoms with Crippen molar-refractivity contribution in [3.05, 3.63) is 95.3 Å². The van der Waals surface area contributed by atoms with E-state index in [1.54, 1.807) is 4.90 Å². The zero-order valence-electron chi connectivity index (χ0n) is 19.5. The number of nitrogens with zero attached hydrogens (tertiary/aromatic N) is 3. The molecule has 5 heteroatoms. The van der Waals surface area contributed by atoms with Gasteiger partial charge in [0.25, 0.3) is 5.91 Å². The van der Waals surface area contributed by atoms with Crippen molar-refractivity contribution >= 4 is 11.8 Å². The first-order valence-electron chi connectivity index (χ1n) is 11.2. The standard InChI is InChI=1S/C27H33N3O2/c1-5-22(3)30(27(32)24-15-13-21(2)14-16-24)20-26(31)29(18-23-10-7-6-8-11-23)19-25-12-9-17-28(25)4/h6-17,22H,5,18-20H2,1-4H3/t22-/m1/s1. The van der Waals surface area contributed by atoms with E-state index in [2.05, 4.69) is 0 Å². The third-order valence-electron chi connectivity index (χ3n) is 5.96. The highest BCUT2D eigenvalue weighted by molar-refractivity contribution is 5.96. The second-order valence-corrected chi connectivity index (χ2v) is 8.40. The third kappa shape index (κ3) is 5.88. The van der Waals surface area contributed by atoms with Gasteiger partial charge in [-0.15, -0.1) is 0 Å². The predicted molar refractivity (Wildman–Crippen MR) is 128 cm³/mol. The van der Waals surface area contributed by atoms with Crippen LogP contribution in [0.1, 0.15) is 47.4 Å². The van der Waals surface area contributed by atoms with Gasteiger partial charge in [-0.2, -0.15) is 0 Å². The second kappa shape index (κ2) is 10.8. The van der Waals surface area contributed by atoms with E-state index in [4.69, 9.17) is 0 Å². The summed E-state index contributed by atoms with van der Waals surface area (Å²) in [6.07, 6.45) is 2.76. The number of hydrogen-bond donors (Lipinski definition) is 0. The van der Waals surface area contributed by atoms with Crippen LogP contribution in [0.4, 0.5) is 0 Å². The molecule has 1 heterocycles. The molecule has 0 bridgehead atoms. The van der Waals surface area contributed by atoms with Crippen LogP contribution >= 0.6 is 0 Å². The van der Waals surface area contributed by atoms with E-state index in [1.807, 2.05) is 110 Å². The van der Waals surface area contributed by atoms with Gasteiger partial charge in [0.15, 0.2) is 0 Å². The average molecular weight is 432 g/mol. The zero-order valence-corrected chi connectivity index (χ0v) is 19.5. The van der Waals surface area contributed by atoms with Gasteiger partial charge in [0.1, 0.15) is 6.54 Å². The van der Waals surface area contributed by atoms with Gasteiger partial charge >= 0.3 is 0 Å². The van der Waals surface area contributed by atoms with Crippen molar-refractivity contribution in [2.75, 3.05) is 6.54 Å². The monoisotopic (exact) mass is 431 g/mol. The SMILES string of the molecule is CC[C@@H](C)N(CC(=O)N(Cc1ccccc1)Cc1cccn1C)C(=O)c1ccc(C)cc1. The number of carbonyl (C=O) groups is 2. The van der Waals surface area contributed by atoms with Crippen LogP contribution in [0.5, 0.6) is 0 Å². The lowest BCUT2D eigenvalue weighted by molar-refractivity contribution is -0.133. The smallest absolute Gasteiger partial charge is 0.254 e. The summed E-state index contributed by atoms with van der Waals surface area (Å²) in [7, 11) is 1.98. The van der Waals surface area contributed by atoms with E-state index in [-0.39, 0.29) is 24.4 Å². The van der Waals surface area contributed by atoms with Gasteiger partial charge in [0, 0.05) is 37.1 Å². The summed E-state index contributed by atoms with van der Waals surface area (Å²) < 4.78 is 2.02. The van der Waals surface area contributed by atoms with Crippen LogP contribution in [0.3, 0.4) is 0 Å². The Hall–Kier alpha value is -3.34. The number of rotatable bonds is 9. The number of benzene rings is 2. The summed E-state index contributed by atoms with van der Waals surface area (Å²) in [5.74, 6) is -0.165. The van der Waals surface area contributed by atoms with E-state index in [0.717, 1.165) is 23.2 Å². The van der Waals surface area contributed by atoms with Crippen LogP contribution in [0.2, 0.25) is 0 Å². The molecular weight excluding hydrogens is 398 g/mol. The Morgan fingerprint density at radius 2 is 1.62 bits per heavy atom. The maximum Gasteiger partial charge on any atom is 0.254 e. The maximum atomic E-state index is 13.5. The molecule has 5 nitrogen and oxygen atoms in total. The van der Waals surface area contributed by atoms with Gasteiger partial charge in [-0.25, -0.2) is 0 Å². The summed E-state index contributed by atoms with van der Waals surface area (Å²) in [5, 5.41) is 0. The first-order valence-corrected chi connectivity index (χ1v) is 11.2. The zero-order chi connectivity index (χ0) is 23.1. The molecule has 3 rings (SSSR count). The molecule has 0 saturated heterocycles. The van der Waals surface area contributed by atoms with Gasteiger partial charge < -0.3 is 14.4 Å². The number of hydrogen-bond acceptors (Lipinski definition) is 2. The Balaban J connectivity index is 1.84. The van der Waals surface area contributed by atoms with Gasteiger partial charge in [0.05, 0.1) is 6.54 Å². The fraction of sp³-hybridized carbons (Fsp3) is 0.333. The molecule has 0 spiro atoms. The first-order chi connectivity index (χ1) is 15.4. The van der Waals surface area contributed by atoms with Gasteiger partial charge in [-0.3, -0.25) is 9.59 Å². The van der Waals surface area contributed by atoms with E-state index in [9.17, 15) is 9.59 Å².